The fraction of sp³-hybridized carbons (Fsp3) is 0.308. The number of aromatic carboxylic acids is 1. The van der Waals surface area contributed by atoms with Crippen LogP contribution in [0.4, 0.5) is 0 Å². The maximum atomic E-state index is 11.4. The number of furan rings is 1. The van der Waals surface area contributed by atoms with Crippen LogP contribution in [0.5, 0.6) is 5.75 Å². The Labute approximate surface area is 112 Å². The van der Waals surface area contributed by atoms with Crippen molar-refractivity contribution in [1.82, 2.24) is 0 Å². The molecule has 0 spiro atoms. The number of hydrogen-bond donors (Lipinski definition) is 2. The molecule has 0 atom stereocenters. The van der Waals surface area contributed by atoms with E-state index in [1.165, 1.54) is 6.07 Å². The monoisotopic (exact) mass is 312 g/mol. The molecule has 5 heteroatoms. The molecule has 4 nitrogen and oxygen atoms in total. The number of benzene rings is 1. The summed E-state index contributed by atoms with van der Waals surface area (Å²) in [5.41, 5.74) is 0.136. The first-order valence-electron chi connectivity index (χ1n) is 5.40. The summed E-state index contributed by atoms with van der Waals surface area (Å²) in [6.07, 6.45) is 0. The maximum Gasteiger partial charge on any atom is 0.339 e. The highest BCUT2D eigenvalue weighted by atomic mass is 79.9. The fourth-order valence-electron chi connectivity index (χ4n) is 1.85. The van der Waals surface area contributed by atoms with Gasteiger partial charge in [-0.25, -0.2) is 4.79 Å². The molecule has 0 aliphatic heterocycles. The summed E-state index contributed by atoms with van der Waals surface area (Å²) in [5.74, 6) is -0.658. The lowest BCUT2D eigenvalue weighted by molar-refractivity contribution is 0.0694. The smallest absolute Gasteiger partial charge is 0.339 e. The topological polar surface area (TPSA) is 70.7 Å². The molecular weight excluding hydrogens is 300 g/mol. The summed E-state index contributed by atoms with van der Waals surface area (Å²) in [6, 6.07) is 2.98. The number of phenols is 1. The molecule has 96 valence electrons. The molecule has 0 radical (unpaired) electrons. The number of fused-ring (bicyclic) bond motifs is 1. The average molecular weight is 313 g/mol. The van der Waals surface area contributed by atoms with Gasteiger partial charge in [0.2, 0.25) is 0 Å². The van der Waals surface area contributed by atoms with Gasteiger partial charge in [-0.15, -0.1) is 0 Å². The number of carboxylic acids is 1. The van der Waals surface area contributed by atoms with Gasteiger partial charge in [-0.2, -0.15) is 0 Å². The summed E-state index contributed by atoms with van der Waals surface area (Å²) in [7, 11) is 0. The minimum atomic E-state index is -1.06. The molecule has 0 aliphatic carbocycles. The molecule has 1 aromatic carbocycles. The van der Waals surface area contributed by atoms with Gasteiger partial charge in [-0.05, 0) is 28.1 Å². The Morgan fingerprint density at radius 1 is 1.33 bits per heavy atom. The zero-order valence-corrected chi connectivity index (χ0v) is 11.8. The highest BCUT2D eigenvalue weighted by molar-refractivity contribution is 9.10. The van der Waals surface area contributed by atoms with Crippen molar-refractivity contribution in [3.63, 3.8) is 0 Å². The Hall–Kier alpha value is -1.49. The minimum absolute atomic E-state index is 0.00809. The summed E-state index contributed by atoms with van der Waals surface area (Å²) in [6.45, 7) is 5.64. The molecule has 0 saturated carbocycles. The maximum absolute atomic E-state index is 11.4. The molecule has 2 aromatic rings. The van der Waals surface area contributed by atoms with Crippen molar-refractivity contribution in [1.29, 1.82) is 0 Å². The second-order valence-corrected chi connectivity index (χ2v) is 6.02. The van der Waals surface area contributed by atoms with Gasteiger partial charge in [0.05, 0.1) is 4.47 Å². The third-order valence-electron chi connectivity index (χ3n) is 2.65. The van der Waals surface area contributed by atoms with Crippen LogP contribution in [0.15, 0.2) is 21.0 Å². The number of carboxylic acid groups (broad SMARTS) is 1. The highest BCUT2D eigenvalue weighted by Gasteiger charge is 2.29. The molecular formula is C13H13BrO4. The van der Waals surface area contributed by atoms with Gasteiger partial charge in [0.15, 0.2) is 0 Å². The van der Waals surface area contributed by atoms with E-state index in [2.05, 4.69) is 15.9 Å². The standard InChI is InChI=1S/C13H13BrO4/c1-13(2,3)11-10(12(16)17)6-4-8(15)7(14)5-9(6)18-11/h4-5,15H,1-3H3,(H,16,17). The van der Waals surface area contributed by atoms with Crippen LogP contribution in [-0.2, 0) is 5.41 Å². The Morgan fingerprint density at radius 2 is 1.94 bits per heavy atom. The molecule has 0 bridgehead atoms. The van der Waals surface area contributed by atoms with Crippen molar-refractivity contribution in [3.05, 3.63) is 27.9 Å². The normalized spacial score (nSPS) is 12.0. The second-order valence-electron chi connectivity index (χ2n) is 5.16. The summed E-state index contributed by atoms with van der Waals surface area (Å²) in [5, 5.41) is 19.4. The van der Waals surface area contributed by atoms with Gasteiger partial charge in [0, 0.05) is 10.8 Å². The van der Waals surface area contributed by atoms with Gasteiger partial charge >= 0.3 is 5.97 Å². The van der Waals surface area contributed by atoms with E-state index in [1.54, 1.807) is 6.07 Å². The number of aromatic hydroxyl groups is 1. The number of halogens is 1. The van der Waals surface area contributed by atoms with Crippen molar-refractivity contribution in [2.75, 3.05) is 0 Å². The molecule has 0 aliphatic rings. The van der Waals surface area contributed by atoms with Crippen molar-refractivity contribution < 1.29 is 19.4 Å². The Balaban J connectivity index is 2.89. The van der Waals surface area contributed by atoms with Crippen molar-refractivity contribution in [2.24, 2.45) is 0 Å². The van der Waals surface area contributed by atoms with Crippen LogP contribution in [-0.4, -0.2) is 16.2 Å². The molecule has 0 amide bonds. The van der Waals surface area contributed by atoms with Crippen LogP contribution in [0.3, 0.4) is 0 Å². The van der Waals surface area contributed by atoms with E-state index in [4.69, 9.17) is 4.42 Å². The highest BCUT2D eigenvalue weighted by Crippen LogP contribution is 2.38. The zero-order valence-electron chi connectivity index (χ0n) is 10.2. The molecule has 0 unspecified atom stereocenters. The molecule has 2 rings (SSSR count). The molecule has 18 heavy (non-hydrogen) atoms. The van der Waals surface area contributed by atoms with Gasteiger partial charge in [0.1, 0.15) is 22.7 Å². The van der Waals surface area contributed by atoms with E-state index < -0.39 is 11.4 Å². The molecule has 1 aromatic heterocycles. The van der Waals surface area contributed by atoms with Gasteiger partial charge < -0.3 is 14.6 Å². The van der Waals surface area contributed by atoms with Gasteiger partial charge in [-0.3, -0.25) is 0 Å². The molecule has 0 saturated heterocycles. The summed E-state index contributed by atoms with van der Waals surface area (Å²) >= 11 is 3.18. The first-order valence-corrected chi connectivity index (χ1v) is 6.20. The lowest BCUT2D eigenvalue weighted by Gasteiger charge is -2.15. The second kappa shape index (κ2) is 4.02. The van der Waals surface area contributed by atoms with Crippen LogP contribution in [0.25, 0.3) is 11.0 Å². The van der Waals surface area contributed by atoms with Crippen LogP contribution in [0, 0.1) is 0 Å². The number of hydrogen-bond acceptors (Lipinski definition) is 3. The van der Waals surface area contributed by atoms with Crippen molar-refractivity contribution in [2.45, 2.75) is 26.2 Å². The summed E-state index contributed by atoms with van der Waals surface area (Å²) in [4.78, 5) is 11.4. The summed E-state index contributed by atoms with van der Waals surface area (Å²) < 4.78 is 6.11. The lowest BCUT2D eigenvalue weighted by Crippen LogP contribution is -2.14. The van der Waals surface area contributed by atoms with E-state index >= 15 is 0 Å². The van der Waals surface area contributed by atoms with Crippen molar-refractivity contribution in [3.8, 4) is 5.75 Å². The van der Waals surface area contributed by atoms with Crippen LogP contribution in [0.1, 0.15) is 36.9 Å². The number of carbonyl (C=O) groups is 1. The van der Waals surface area contributed by atoms with Crippen molar-refractivity contribution >= 4 is 32.9 Å². The number of rotatable bonds is 1. The molecule has 2 N–H and O–H groups in total. The van der Waals surface area contributed by atoms with E-state index in [1.807, 2.05) is 20.8 Å². The SMILES string of the molecule is CC(C)(C)c1oc2cc(Br)c(O)cc2c1C(=O)O. The Morgan fingerprint density at radius 3 is 2.44 bits per heavy atom. The first kappa shape index (κ1) is 13.0. The third-order valence-corrected chi connectivity index (χ3v) is 3.29. The lowest BCUT2D eigenvalue weighted by atomic mass is 9.89. The van der Waals surface area contributed by atoms with Crippen LogP contribution < -0.4 is 0 Å². The van der Waals surface area contributed by atoms with Gasteiger partial charge in [-0.1, -0.05) is 20.8 Å². The van der Waals surface area contributed by atoms with Gasteiger partial charge in [0.25, 0.3) is 0 Å². The Kier molecular flexibility index (Phi) is 2.89. The predicted molar refractivity (Wildman–Crippen MR) is 71.2 cm³/mol. The van der Waals surface area contributed by atoms with Crippen LogP contribution in [0.2, 0.25) is 0 Å². The largest absolute Gasteiger partial charge is 0.507 e. The average Bonchev–Trinajstić information content (AvgIpc) is 2.56. The quantitative estimate of drug-likeness (QED) is 0.838. The molecule has 1 heterocycles. The third kappa shape index (κ3) is 1.99. The van der Waals surface area contributed by atoms with E-state index in [-0.39, 0.29) is 11.3 Å². The van der Waals surface area contributed by atoms with Crippen LogP contribution >= 0.6 is 15.9 Å². The zero-order chi connectivity index (χ0) is 13.7. The Bertz CT molecular complexity index is 634. The molecule has 0 fully saturated rings. The van der Waals surface area contributed by atoms with E-state index in [9.17, 15) is 15.0 Å². The van der Waals surface area contributed by atoms with E-state index in [0.29, 0.717) is 21.2 Å². The first-order chi connectivity index (χ1) is 8.21. The fourth-order valence-corrected chi connectivity index (χ4v) is 2.17. The predicted octanol–water partition coefficient (Wildman–Crippen LogP) is 3.90. The van der Waals surface area contributed by atoms with E-state index in [0.717, 1.165) is 0 Å². The number of phenolic OH excluding ortho intramolecular Hbond substituents is 1. The minimum Gasteiger partial charge on any atom is -0.507 e.